The second kappa shape index (κ2) is 8.93. The Balaban J connectivity index is 1.70. The first-order valence-electron chi connectivity index (χ1n) is 10.8. The number of nitrogens with zero attached hydrogens (tertiary/aromatic N) is 2. The zero-order valence-electron chi connectivity index (χ0n) is 18.6. The van der Waals surface area contributed by atoms with Crippen molar-refractivity contribution in [3.63, 3.8) is 0 Å². The molecule has 2 aliphatic rings. The van der Waals surface area contributed by atoms with E-state index in [0.717, 1.165) is 6.07 Å². The van der Waals surface area contributed by atoms with E-state index in [-0.39, 0.29) is 41.7 Å². The fourth-order valence-electron chi connectivity index (χ4n) is 4.09. The van der Waals surface area contributed by atoms with E-state index in [4.69, 9.17) is 9.47 Å². The molecule has 0 aliphatic carbocycles. The molecule has 1 aromatic carbocycles. The van der Waals surface area contributed by atoms with Gasteiger partial charge in [-0.2, -0.15) is 0 Å². The van der Waals surface area contributed by atoms with Gasteiger partial charge in [-0.3, -0.25) is 14.4 Å². The number of halogens is 2. The van der Waals surface area contributed by atoms with Gasteiger partial charge in [0.1, 0.15) is 17.2 Å². The van der Waals surface area contributed by atoms with Crippen molar-refractivity contribution in [1.82, 2.24) is 14.8 Å². The minimum Gasteiger partial charge on any atom is -0.485 e. The van der Waals surface area contributed by atoms with E-state index < -0.39 is 41.2 Å². The van der Waals surface area contributed by atoms with E-state index in [9.17, 15) is 23.2 Å². The molecule has 8 nitrogen and oxygen atoms in total. The van der Waals surface area contributed by atoms with Gasteiger partial charge >= 0.3 is 0 Å². The maximum Gasteiger partial charge on any atom is 0.276 e. The van der Waals surface area contributed by atoms with Gasteiger partial charge in [-0.15, -0.1) is 0 Å². The van der Waals surface area contributed by atoms with Gasteiger partial charge in [-0.25, -0.2) is 8.78 Å². The number of pyridine rings is 1. The quantitative estimate of drug-likeness (QED) is 0.739. The summed E-state index contributed by atoms with van der Waals surface area (Å²) in [7, 11) is 0. The summed E-state index contributed by atoms with van der Waals surface area (Å²) in [6, 6.07) is 2.94. The number of aromatic nitrogens is 1. The van der Waals surface area contributed by atoms with Crippen molar-refractivity contribution in [1.29, 1.82) is 0 Å². The zero-order chi connectivity index (χ0) is 23.9. The highest BCUT2D eigenvalue weighted by Crippen LogP contribution is 2.30. The van der Waals surface area contributed by atoms with Gasteiger partial charge in [-0.1, -0.05) is 6.07 Å². The van der Waals surface area contributed by atoms with Gasteiger partial charge < -0.3 is 24.3 Å². The molecule has 0 radical (unpaired) electrons. The lowest BCUT2D eigenvalue weighted by molar-refractivity contribution is -0.112. The number of hydrogen-bond donors (Lipinski definition) is 1. The first-order valence-corrected chi connectivity index (χ1v) is 10.8. The van der Waals surface area contributed by atoms with Crippen molar-refractivity contribution in [2.45, 2.75) is 58.7 Å². The molecule has 176 valence electrons. The third kappa shape index (κ3) is 4.35. The summed E-state index contributed by atoms with van der Waals surface area (Å²) in [5.74, 6) is -2.90. The fourth-order valence-corrected chi connectivity index (χ4v) is 4.09. The predicted molar refractivity (Wildman–Crippen MR) is 114 cm³/mol. The maximum atomic E-state index is 13.9. The average molecular weight is 461 g/mol. The number of fused-ring (bicyclic) bond motifs is 2. The van der Waals surface area contributed by atoms with E-state index in [1.165, 1.54) is 16.8 Å². The van der Waals surface area contributed by atoms with Gasteiger partial charge in [0.15, 0.2) is 17.7 Å². The molecule has 10 heteroatoms. The summed E-state index contributed by atoms with van der Waals surface area (Å²) in [6.07, 6.45) is 1.04. The van der Waals surface area contributed by atoms with Crippen molar-refractivity contribution in [3.05, 3.63) is 63.1 Å². The third-order valence-corrected chi connectivity index (χ3v) is 5.71. The van der Waals surface area contributed by atoms with Crippen LogP contribution in [0.15, 0.2) is 29.2 Å². The van der Waals surface area contributed by atoms with Crippen LogP contribution in [0.5, 0.6) is 5.75 Å². The molecule has 1 saturated heterocycles. The Hall–Kier alpha value is -3.27. The van der Waals surface area contributed by atoms with Crippen molar-refractivity contribution in [2.24, 2.45) is 0 Å². The Morgan fingerprint density at radius 2 is 2.06 bits per heavy atom. The Kier molecular flexibility index (Phi) is 6.20. The maximum absolute atomic E-state index is 13.9. The largest absolute Gasteiger partial charge is 0.485 e. The number of amides is 2. The van der Waals surface area contributed by atoms with E-state index in [1.54, 1.807) is 18.7 Å². The number of rotatable bonds is 5. The first-order chi connectivity index (χ1) is 15.7. The molecule has 4 rings (SSSR count). The van der Waals surface area contributed by atoms with Crippen LogP contribution >= 0.6 is 0 Å². The van der Waals surface area contributed by atoms with E-state index >= 15 is 0 Å². The summed E-state index contributed by atoms with van der Waals surface area (Å²) in [5, 5.41) is 2.48. The zero-order valence-corrected chi connectivity index (χ0v) is 18.6. The molecule has 2 amide bonds. The molecule has 1 fully saturated rings. The van der Waals surface area contributed by atoms with Crippen molar-refractivity contribution in [3.8, 4) is 5.75 Å². The lowest BCUT2D eigenvalue weighted by atomic mass is 10.1. The number of benzene rings is 1. The van der Waals surface area contributed by atoms with Crippen LogP contribution in [0.3, 0.4) is 0 Å². The van der Waals surface area contributed by atoms with Gasteiger partial charge in [0.05, 0.1) is 19.3 Å². The van der Waals surface area contributed by atoms with Gasteiger partial charge in [-0.05, 0) is 33.3 Å². The van der Waals surface area contributed by atoms with Crippen molar-refractivity contribution < 1.29 is 27.8 Å². The Morgan fingerprint density at radius 1 is 1.30 bits per heavy atom. The number of nitrogens with one attached hydrogen (secondary N) is 1. The van der Waals surface area contributed by atoms with E-state index in [0.29, 0.717) is 19.1 Å². The molecule has 2 aliphatic heterocycles. The lowest BCUT2D eigenvalue weighted by Crippen LogP contribution is -2.57. The topological polar surface area (TPSA) is 89.9 Å². The Labute approximate surface area is 189 Å². The molecule has 1 N–H and O–H groups in total. The number of carbonyl (C=O) groups is 2. The molecular formula is C23H25F2N3O5. The van der Waals surface area contributed by atoms with Gasteiger partial charge in [0.25, 0.3) is 11.8 Å². The first kappa shape index (κ1) is 22.9. The summed E-state index contributed by atoms with van der Waals surface area (Å²) in [5.41, 5.74) is -0.841. The SMILES string of the molecule is CC(C)Oc1c2n(cc(C(=O)NCc3ccc(F)cc3F)c1=O)CC1OCC[C@@H](C)N1C2=O. The van der Waals surface area contributed by atoms with Crippen molar-refractivity contribution >= 4 is 11.8 Å². The van der Waals surface area contributed by atoms with Crippen LogP contribution in [0.4, 0.5) is 8.78 Å². The second-order valence-corrected chi connectivity index (χ2v) is 8.46. The van der Waals surface area contributed by atoms with Crippen LogP contribution in [0.2, 0.25) is 0 Å². The molecule has 1 aromatic heterocycles. The summed E-state index contributed by atoms with van der Waals surface area (Å²) in [6.45, 7) is 5.82. The van der Waals surface area contributed by atoms with Crippen LogP contribution in [0.25, 0.3) is 0 Å². The summed E-state index contributed by atoms with van der Waals surface area (Å²) >= 11 is 0. The highest BCUT2D eigenvalue weighted by molar-refractivity contribution is 5.99. The average Bonchev–Trinajstić information content (AvgIpc) is 2.74. The van der Waals surface area contributed by atoms with Crippen LogP contribution < -0.4 is 15.5 Å². The monoisotopic (exact) mass is 461 g/mol. The molecular weight excluding hydrogens is 436 g/mol. The Morgan fingerprint density at radius 3 is 2.76 bits per heavy atom. The number of carbonyl (C=O) groups excluding carboxylic acids is 2. The van der Waals surface area contributed by atoms with Gasteiger partial charge in [0, 0.05) is 30.4 Å². The van der Waals surface area contributed by atoms with Crippen LogP contribution in [0.1, 0.15) is 53.6 Å². The van der Waals surface area contributed by atoms with Crippen LogP contribution in [-0.2, 0) is 17.8 Å². The van der Waals surface area contributed by atoms with Crippen LogP contribution in [-0.4, -0.2) is 46.3 Å². The van der Waals surface area contributed by atoms with Gasteiger partial charge in [0.2, 0.25) is 5.43 Å². The molecule has 2 aromatic rings. The minimum atomic E-state index is -0.810. The normalized spacial score (nSPS) is 19.8. The Bertz CT molecular complexity index is 1160. The number of ether oxygens (including phenoxy) is 2. The summed E-state index contributed by atoms with van der Waals surface area (Å²) < 4.78 is 40.0. The standard InChI is InChI=1S/C23H25F2N3O5/c1-12(2)33-21-19-23(31)28-13(3)6-7-32-18(28)11-27(19)10-16(20(21)29)22(30)26-9-14-4-5-15(24)8-17(14)25/h4-5,8,10,12-13,18H,6-7,9,11H2,1-3H3,(H,26,30)/t13-,18?/m1/s1. The molecule has 0 saturated carbocycles. The predicted octanol–water partition coefficient (Wildman–Crippen LogP) is 2.43. The molecule has 3 heterocycles. The molecule has 33 heavy (non-hydrogen) atoms. The highest BCUT2D eigenvalue weighted by Gasteiger charge is 2.41. The van der Waals surface area contributed by atoms with Crippen molar-refractivity contribution in [2.75, 3.05) is 6.61 Å². The smallest absolute Gasteiger partial charge is 0.276 e. The second-order valence-electron chi connectivity index (χ2n) is 8.46. The van der Waals surface area contributed by atoms with Crippen LogP contribution in [0, 0.1) is 11.6 Å². The number of hydrogen-bond acceptors (Lipinski definition) is 5. The van der Waals surface area contributed by atoms with E-state index in [2.05, 4.69) is 5.32 Å². The summed E-state index contributed by atoms with van der Waals surface area (Å²) in [4.78, 5) is 41.0. The lowest BCUT2D eigenvalue weighted by Gasteiger charge is -2.44. The third-order valence-electron chi connectivity index (χ3n) is 5.71. The molecule has 2 atom stereocenters. The highest BCUT2D eigenvalue weighted by atomic mass is 19.1. The molecule has 0 bridgehead atoms. The van der Waals surface area contributed by atoms with E-state index in [1.807, 2.05) is 6.92 Å². The minimum absolute atomic E-state index is 0.0666. The molecule has 0 spiro atoms. The molecule has 1 unspecified atom stereocenters. The fraction of sp³-hybridized carbons (Fsp3) is 0.435.